The second-order valence-electron chi connectivity index (χ2n) is 6.43. The largest absolute Gasteiger partial charge is 0.497 e. The topological polar surface area (TPSA) is 84.9 Å². The number of hydrogen-bond acceptors (Lipinski definition) is 5. The molecule has 0 radical (unpaired) electrons. The summed E-state index contributed by atoms with van der Waals surface area (Å²) >= 11 is 3.30. The first-order valence-electron chi connectivity index (χ1n) is 9.19. The zero-order chi connectivity index (χ0) is 20.8. The van der Waals surface area contributed by atoms with Crippen LogP contribution in [0.4, 0.5) is 0 Å². The number of nitrogens with zero attached hydrogens (tertiary/aromatic N) is 1. The predicted molar refractivity (Wildman–Crippen MR) is 110 cm³/mol. The highest BCUT2D eigenvalue weighted by Gasteiger charge is 2.35. The van der Waals surface area contributed by atoms with Crippen molar-refractivity contribution in [1.82, 2.24) is 10.2 Å². The van der Waals surface area contributed by atoms with Crippen LogP contribution in [0.25, 0.3) is 0 Å². The second kappa shape index (κ2) is 9.56. The van der Waals surface area contributed by atoms with Gasteiger partial charge < -0.3 is 14.8 Å². The third-order valence-electron chi connectivity index (χ3n) is 4.47. The number of carbonyl (C=O) groups excluding carboxylic acids is 3. The molecule has 0 spiro atoms. The Kier molecular flexibility index (Phi) is 6.87. The van der Waals surface area contributed by atoms with E-state index in [1.54, 1.807) is 49.6 Å². The molecule has 0 saturated heterocycles. The van der Waals surface area contributed by atoms with Gasteiger partial charge in [-0.25, -0.2) is 0 Å². The molecule has 2 aromatic rings. The Morgan fingerprint density at radius 3 is 2.45 bits per heavy atom. The van der Waals surface area contributed by atoms with Crippen LogP contribution >= 0.6 is 15.9 Å². The van der Waals surface area contributed by atoms with E-state index in [0.29, 0.717) is 36.4 Å². The molecule has 0 bridgehead atoms. The lowest BCUT2D eigenvalue weighted by molar-refractivity contribution is -0.121. The van der Waals surface area contributed by atoms with Crippen LogP contribution in [0.5, 0.6) is 11.5 Å². The monoisotopic (exact) mass is 460 g/mol. The number of amides is 3. The maximum Gasteiger partial charge on any atom is 0.261 e. The van der Waals surface area contributed by atoms with Crippen LogP contribution in [0, 0.1) is 0 Å². The van der Waals surface area contributed by atoms with Crippen molar-refractivity contribution in [2.75, 3.05) is 26.8 Å². The Hall–Kier alpha value is -2.87. The normalized spacial score (nSPS) is 12.7. The fourth-order valence-electron chi connectivity index (χ4n) is 2.98. The van der Waals surface area contributed by atoms with Gasteiger partial charge in [0.25, 0.3) is 11.8 Å². The lowest BCUT2D eigenvalue weighted by Gasteiger charge is -2.13. The van der Waals surface area contributed by atoms with Gasteiger partial charge in [0.05, 0.1) is 24.8 Å². The molecule has 0 saturated carbocycles. The van der Waals surface area contributed by atoms with Gasteiger partial charge in [-0.1, -0.05) is 15.9 Å². The van der Waals surface area contributed by atoms with Crippen LogP contribution in [0.15, 0.2) is 46.9 Å². The predicted octanol–water partition coefficient (Wildman–Crippen LogP) is 3.03. The molecular formula is C21H21BrN2O5. The van der Waals surface area contributed by atoms with Crippen LogP contribution < -0.4 is 14.8 Å². The number of methoxy groups -OCH3 is 1. The summed E-state index contributed by atoms with van der Waals surface area (Å²) in [7, 11) is 1.60. The molecule has 1 heterocycles. The summed E-state index contributed by atoms with van der Waals surface area (Å²) < 4.78 is 11.4. The van der Waals surface area contributed by atoms with Crippen LogP contribution in [-0.2, 0) is 4.79 Å². The standard InChI is InChI=1S/C21H21BrN2O5/c1-28-15-5-7-16(8-6-15)29-12-10-23-19(25)3-2-11-24-20(26)17-9-4-14(22)13-18(17)21(24)27/h4-9,13H,2-3,10-12H2,1H3,(H,23,25). The third-order valence-corrected chi connectivity index (χ3v) is 4.96. The Labute approximate surface area is 177 Å². The van der Waals surface area contributed by atoms with Crippen molar-refractivity contribution in [2.24, 2.45) is 0 Å². The number of nitrogens with one attached hydrogen (secondary N) is 1. The van der Waals surface area contributed by atoms with Gasteiger partial charge >= 0.3 is 0 Å². The van der Waals surface area contributed by atoms with Gasteiger partial charge in [0.1, 0.15) is 18.1 Å². The summed E-state index contributed by atoms with van der Waals surface area (Å²) in [6.45, 7) is 0.914. The SMILES string of the molecule is COc1ccc(OCCNC(=O)CCCN2C(=O)c3ccc(Br)cc3C2=O)cc1. The van der Waals surface area contributed by atoms with Crippen LogP contribution in [0.3, 0.4) is 0 Å². The number of rotatable bonds is 9. The average Bonchev–Trinajstić information content (AvgIpc) is 2.96. The van der Waals surface area contributed by atoms with Gasteiger partial charge in [-0.15, -0.1) is 0 Å². The molecule has 3 rings (SSSR count). The van der Waals surface area contributed by atoms with Crippen molar-refractivity contribution in [3.05, 3.63) is 58.1 Å². The quantitative estimate of drug-likeness (QED) is 0.459. The van der Waals surface area contributed by atoms with E-state index in [9.17, 15) is 14.4 Å². The van der Waals surface area contributed by atoms with E-state index in [1.807, 2.05) is 0 Å². The molecule has 0 aromatic heterocycles. The van der Waals surface area contributed by atoms with E-state index < -0.39 is 0 Å². The number of hydrogen-bond donors (Lipinski definition) is 1. The number of ether oxygens (including phenoxy) is 2. The number of fused-ring (bicyclic) bond motifs is 1. The summed E-state index contributed by atoms with van der Waals surface area (Å²) in [5.74, 6) is 0.654. The minimum absolute atomic E-state index is 0.150. The molecule has 2 aromatic carbocycles. The number of imide groups is 1. The van der Waals surface area contributed by atoms with Gasteiger partial charge in [0.2, 0.25) is 5.91 Å². The molecule has 0 unspecified atom stereocenters. The fraction of sp³-hybridized carbons (Fsp3) is 0.286. The van der Waals surface area contributed by atoms with Crippen molar-refractivity contribution in [3.8, 4) is 11.5 Å². The maximum atomic E-state index is 12.4. The molecule has 152 valence electrons. The molecule has 1 N–H and O–H groups in total. The molecule has 3 amide bonds. The Balaban J connectivity index is 1.36. The van der Waals surface area contributed by atoms with Gasteiger partial charge in [-0.05, 0) is 48.9 Å². The highest BCUT2D eigenvalue weighted by molar-refractivity contribution is 9.10. The summed E-state index contributed by atoms with van der Waals surface area (Å²) in [5, 5.41) is 2.76. The molecule has 1 aliphatic rings. The lowest BCUT2D eigenvalue weighted by Crippen LogP contribution is -2.32. The molecule has 0 aliphatic carbocycles. The van der Waals surface area contributed by atoms with E-state index >= 15 is 0 Å². The van der Waals surface area contributed by atoms with Crippen molar-refractivity contribution in [3.63, 3.8) is 0 Å². The van der Waals surface area contributed by atoms with Crippen LogP contribution in [0.2, 0.25) is 0 Å². The van der Waals surface area contributed by atoms with Gasteiger partial charge in [0, 0.05) is 17.4 Å². The molecule has 1 aliphatic heterocycles. The van der Waals surface area contributed by atoms with E-state index in [1.165, 1.54) is 4.90 Å². The summed E-state index contributed by atoms with van der Waals surface area (Å²) in [6.07, 6.45) is 0.622. The van der Waals surface area contributed by atoms with E-state index in [-0.39, 0.29) is 30.7 Å². The van der Waals surface area contributed by atoms with Crippen LogP contribution in [0.1, 0.15) is 33.6 Å². The van der Waals surface area contributed by atoms with Crippen molar-refractivity contribution in [2.45, 2.75) is 12.8 Å². The second-order valence-corrected chi connectivity index (χ2v) is 7.35. The molecular weight excluding hydrogens is 440 g/mol. The van der Waals surface area contributed by atoms with E-state index in [0.717, 1.165) is 10.2 Å². The average molecular weight is 461 g/mol. The van der Waals surface area contributed by atoms with Crippen molar-refractivity contribution in [1.29, 1.82) is 0 Å². The van der Waals surface area contributed by atoms with Gasteiger partial charge in [-0.3, -0.25) is 19.3 Å². The zero-order valence-electron chi connectivity index (χ0n) is 15.9. The minimum atomic E-state index is -0.320. The third kappa shape index (κ3) is 5.14. The first kappa shape index (κ1) is 20.9. The van der Waals surface area contributed by atoms with Crippen molar-refractivity contribution < 1.29 is 23.9 Å². The van der Waals surface area contributed by atoms with Gasteiger partial charge in [-0.2, -0.15) is 0 Å². The number of carbonyl (C=O) groups is 3. The summed E-state index contributed by atoms with van der Waals surface area (Å²) in [4.78, 5) is 37.9. The summed E-state index contributed by atoms with van der Waals surface area (Å²) in [6, 6.07) is 12.2. The molecule has 0 atom stereocenters. The summed E-state index contributed by atoms with van der Waals surface area (Å²) in [5.41, 5.74) is 0.794. The molecule has 29 heavy (non-hydrogen) atoms. The van der Waals surface area contributed by atoms with Crippen LogP contribution in [-0.4, -0.2) is 49.4 Å². The molecule has 7 nitrogen and oxygen atoms in total. The minimum Gasteiger partial charge on any atom is -0.497 e. The fourth-order valence-corrected chi connectivity index (χ4v) is 3.34. The number of halogens is 1. The van der Waals surface area contributed by atoms with Crippen molar-refractivity contribution >= 4 is 33.7 Å². The highest BCUT2D eigenvalue weighted by atomic mass is 79.9. The van der Waals surface area contributed by atoms with Gasteiger partial charge in [0.15, 0.2) is 0 Å². The highest BCUT2D eigenvalue weighted by Crippen LogP contribution is 2.26. The first-order valence-corrected chi connectivity index (χ1v) is 9.98. The Morgan fingerprint density at radius 2 is 1.72 bits per heavy atom. The Morgan fingerprint density at radius 1 is 1.03 bits per heavy atom. The molecule has 0 fully saturated rings. The maximum absolute atomic E-state index is 12.4. The zero-order valence-corrected chi connectivity index (χ0v) is 17.5. The van der Waals surface area contributed by atoms with E-state index in [2.05, 4.69) is 21.2 Å². The number of benzene rings is 2. The Bertz CT molecular complexity index is 914. The smallest absolute Gasteiger partial charge is 0.261 e. The lowest BCUT2D eigenvalue weighted by atomic mass is 10.1. The molecule has 8 heteroatoms. The van der Waals surface area contributed by atoms with E-state index in [4.69, 9.17) is 9.47 Å². The first-order chi connectivity index (χ1) is 14.0.